The van der Waals surface area contributed by atoms with E-state index >= 15 is 4.39 Å². The van der Waals surface area contributed by atoms with E-state index in [0.717, 1.165) is 17.5 Å². The van der Waals surface area contributed by atoms with Crippen molar-refractivity contribution >= 4 is 17.6 Å². The van der Waals surface area contributed by atoms with Gasteiger partial charge in [-0.05, 0) is 55.2 Å². The van der Waals surface area contributed by atoms with E-state index in [-0.39, 0.29) is 43.9 Å². The fourth-order valence-corrected chi connectivity index (χ4v) is 4.58. The Bertz CT molecular complexity index is 1110. The zero-order valence-corrected chi connectivity index (χ0v) is 19.5. The Labute approximate surface area is 198 Å². The van der Waals surface area contributed by atoms with Crippen molar-refractivity contribution in [1.29, 1.82) is 5.26 Å². The molecule has 2 saturated heterocycles. The lowest BCUT2D eigenvalue weighted by molar-refractivity contribution is 0.0421. The van der Waals surface area contributed by atoms with Gasteiger partial charge in [0.15, 0.2) is 0 Å². The van der Waals surface area contributed by atoms with Crippen LogP contribution in [0.15, 0.2) is 36.4 Å². The molecule has 0 radical (unpaired) electrons. The number of ether oxygens (including phenoxy) is 1. The standard InChI is InChI=1S/C26H29FN4O3/c1-17-13-18(2)23(30-25(33)29-21-7-12-34-16-21)14-22(17)24(32)31-10-8-26(27,9-11-31)20-5-3-19(15-28)4-6-20/h3-6,13-14,21H,7-12,16H2,1-2H3,(H2,29,30,33)/t21-/m1/s1. The summed E-state index contributed by atoms with van der Waals surface area (Å²) in [6, 6.07) is 11.8. The van der Waals surface area contributed by atoms with E-state index in [2.05, 4.69) is 10.6 Å². The third-order valence-corrected chi connectivity index (χ3v) is 6.69. The van der Waals surface area contributed by atoms with Crippen LogP contribution < -0.4 is 10.6 Å². The highest BCUT2D eigenvalue weighted by atomic mass is 19.1. The van der Waals surface area contributed by atoms with Gasteiger partial charge in [-0.15, -0.1) is 0 Å². The molecule has 7 nitrogen and oxygen atoms in total. The second-order valence-electron chi connectivity index (χ2n) is 9.09. The average molecular weight is 465 g/mol. The van der Waals surface area contributed by atoms with Gasteiger partial charge in [0, 0.05) is 43.8 Å². The Morgan fingerprint density at radius 2 is 1.85 bits per heavy atom. The molecule has 0 bridgehead atoms. The zero-order chi connectivity index (χ0) is 24.3. The highest BCUT2D eigenvalue weighted by molar-refractivity contribution is 5.98. The Morgan fingerprint density at radius 1 is 1.15 bits per heavy atom. The van der Waals surface area contributed by atoms with Crippen LogP contribution in [0.2, 0.25) is 0 Å². The first-order valence-corrected chi connectivity index (χ1v) is 11.5. The zero-order valence-electron chi connectivity index (χ0n) is 19.5. The molecule has 2 heterocycles. The molecule has 1 atom stereocenters. The predicted molar refractivity (Wildman–Crippen MR) is 126 cm³/mol. The number of hydrogen-bond acceptors (Lipinski definition) is 4. The van der Waals surface area contributed by atoms with Gasteiger partial charge in [0.25, 0.3) is 5.91 Å². The van der Waals surface area contributed by atoms with Crippen molar-refractivity contribution in [3.8, 4) is 6.07 Å². The smallest absolute Gasteiger partial charge is 0.319 e. The fraction of sp³-hybridized carbons (Fsp3) is 0.423. The van der Waals surface area contributed by atoms with Crippen molar-refractivity contribution in [1.82, 2.24) is 10.2 Å². The number of likely N-dealkylation sites (tertiary alicyclic amines) is 1. The molecule has 2 fully saturated rings. The topological polar surface area (TPSA) is 94.5 Å². The molecule has 0 spiro atoms. The molecule has 8 heteroatoms. The number of nitriles is 1. The van der Waals surface area contributed by atoms with Crippen LogP contribution in [0.3, 0.4) is 0 Å². The van der Waals surface area contributed by atoms with Crippen molar-refractivity contribution in [2.75, 3.05) is 31.6 Å². The van der Waals surface area contributed by atoms with Crippen molar-refractivity contribution in [3.05, 3.63) is 64.2 Å². The number of anilines is 1. The Morgan fingerprint density at radius 3 is 2.47 bits per heavy atom. The number of urea groups is 1. The van der Waals surface area contributed by atoms with Crippen molar-refractivity contribution in [2.45, 2.75) is 44.8 Å². The molecule has 3 amide bonds. The summed E-state index contributed by atoms with van der Waals surface area (Å²) in [7, 11) is 0. The maximum atomic E-state index is 15.6. The lowest BCUT2D eigenvalue weighted by Gasteiger charge is -2.37. The van der Waals surface area contributed by atoms with E-state index in [0.29, 0.717) is 35.6 Å². The molecular weight excluding hydrogens is 435 g/mol. The van der Waals surface area contributed by atoms with Gasteiger partial charge < -0.3 is 20.3 Å². The summed E-state index contributed by atoms with van der Waals surface area (Å²) in [6.45, 7) is 5.44. The number of amides is 3. The minimum Gasteiger partial charge on any atom is -0.379 e. The van der Waals surface area contributed by atoms with Crippen LogP contribution >= 0.6 is 0 Å². The molecule has 2 aromatic carbocycles. The van der Waals surface area contributed by atoms with Crippen LogP contribution in [0.1, 0.15) is 51.9 Å². The summed E-state index contributed by atoms with van der Waals surface area (Å²) in [5.74, 6) is -0.174. The van der Waals surface area contributed by atoms with Crippen LogP contribution in [-0.2, 0) is 10.4 Å². The average Bonchev–Trinajstić information content (AvgIpc) is 3.34. The van der Waals surface area contributed by atoms with Gasteiger partial charge in [-0.2, -0.15) is 5.26 Å². The number of carbonyl (C=O) groups is 2. The maximum Gasteiger partial charge on any atom is 0.319 e. The molecule has 2 aromatic rings. The molecule has 0 aromatic heterocycles. The number of alkyl halides is 1. The largest absolute Gasteiger partial charge is 0.379 e. The molecule has 2 aliphatic heterocycles. The fourth-order valence-electron chi connectivity index (χ4n) is 4.58. The van der Waals surface area contributed by atoms with Gasteiger partial charge in [0.2, 0.25) is 0 Å². The van der Waals surface area contributed by atoms with Gasteiger partial charge in [-0.3, -0.25) is 4.79 Å². The van der Waals surface area contributed by atoms with Gasteiger partial charge in [-0.25, -0.2) is 9.18 Å². The van der Waals surface area contributed by atoms with Gasteiger partial charge in [0.1, 0.15) is 5.67 Å². The van der Waals surface area contributed by atoms with Gasteiger partial charge in [-0.1, -0.05) is 18.2 Å². The van der Waals surface area contributed by atoms with Crippen molar-refractivity contribution < 1.29 is 18.7 Å². The highest BCUT2D eigenvalue weighted by Gasteiger charge is 2.38. The Kier molecular flexibility index (Phi) is 6.85. The number of nitrogens with zero attached hydrogens (tertiary/aromatic N) is 2. The number of benzene rings is 2. The molecule has 4 rings (SSSR count). The van der Waals surface area contributed by atoms with Crippen LogP contribution in [0.4, 0.5) is 14.9 Å². The Balaban J connectivity index is 1.43. The van der Waals surface area contributed by atoms with Crippen molar-refractivity contribution in [2.24, 2.45) is 0 Å². The van der Waals surface area contributed by atoms with Gasteiger partial charge in [0.05, 0.1) is 24.3 Å². The van der Waals surface area contributed by atoms with E-state index in [4.69, 9.17) is 10.00 Å². The summed E-state index contributed by atoms with van der Waals surface area (Å²) < 4.78 is 20.9. The van der Waals surface area contributed by atoms with E-state index in [9.17, 15) is 9.59 Å². The molecule has 178 valence electrons. The first-order chi connectivity index (χ1) is 16.3. The molecule has 0 aliphatic carbocycles. The SMILES string of the molecule is Cc1cc(C)c(C(=O)N2CCC(F)(c3ccc(C#N)cc3)CC2)cc1NC(=O)N[C@@H]1CCOC1. The molecule has 34 heavy (non-hydrogen) atoms. The number of piperidine rings is 1. The quantitative estimate of drug-likeness (QED) is 0.710. The number of hydrogen-bond donors (Lipinski definition) is 2. The highest BCUT2D eigenvalue weighted by Crippen LogP contribution is 2.37. The second-order valence-corrected chi connectivity index (χ2v) is 9.09. The van der Waals surface area contributed by atoms with Crippen LogP contribution in [0, 0.1) is 25.2 Å². The number of aryl methyl sites for hydroxylation is 2. The van der Waals surface area contributed by atoms with Crippen LogP contribution in [-0.4, -0.2) is 49.2 Å². The summed E-state index contributed by atoms with van der Waals surface area (Å²) >= 11 is 0. The molecule has 0 saturated carbocycles. The normalized spacial score (nSPS) is 19.4. The molecule has 2 aliphatic rings. The molecule has 2 N–H and O–H groups in total. The number of halogens is 1. The van der Waals surface area contributed by atoms with E-state index in [1.807, 2.05) is 26.0 Å². The lowest BCUT2D eigenvalue weighted by Crippen LogP contribution is -2.43. The predicted octanol–water partition coefficient (Wildman–Crippen LogP) is 4.19. The number of nitrogens with one attached hydrogen (secondary N) is 2. The summed E-state index contributed by atoms with van der Waals surface area (Å²) in [5.41, 5.74) is 2.23. The molecule has 0 unspecified atom stereocenters. The number of rotatable bonds is 4. The van der Waals surface area contributed by atoms with Crippen LogP contribution in [0.5, 0.6) is 0 Å². The van der Waals surface area contributed by atoms with E-state index in [1.54, 1.807) is 35.2 Å². The van der Waals surface area contributed by atoms with E-state index < -0.39 is 5.67 Å². The minimum absolute atomic E-state index is 0.0164. The first-order valence-electron chi connectivity index (χ1n) is 11.5. The molecular formula is C26H29FN4O3. The number of carbonyl (C=O) groups excluding carboxylic acids is 2. The van der Waals surface area contributed by atoms with Crippen LogP contribution in [0.25, 0.3) is 0 Å². The van der Waals surface area contributed by atoms with Gasteiger partial charge >= 0.3 is 6.03 Å². The summed E-state index contributed by atoms with van der Waals surface area (Å²) in [4.78, 5) is 27.4. The monoisotopic (exact) mass is 464 g/mol. The Hall–Kier alpha value is -3.44. The third-order valence-electron chi connectivity index (χ3n) is 6.69. The lowest BCUT2D eigenvalue weighted by atomic mass is 9.85. The first kappa shape index (κ1) is 23.7. The summed E-state index contributed by atoms with van der Waals surface area (Å²) in [6.07, 6.45) is 1.15. The maximum absolute atomic E-state index is 15.6. The van der Waals surface area contributed by atoms with E-state index in [1.165, 1.54) is 0 Å². The van der Waals surface area contributed by atoms with Crippen molar-refractivity contribution in [3.63, 3.8) is 0 Å². The third kappa shape index (κ3) is 5.05. The second kappa shape index (κ2) is 9.82. The summed E-state index contributed by atoms with van der Waals surface area (Å²) in [5, 5.41) is 14.7. The minimum atomic E-state index is -1.53.